The molecule has 0 aromatic carbocycles. The van der Waals surface area contributed by atoms with Crippen molar-refractivity contribution in [3.63, 3.8) is 0 Å². The Labute approximate surface area is 105 Å². The quantitative estimate of drug-likeness (QED) is 0.856. The van der Waals surface area contributed by atoms with E-state index in [-0.39, 0.29) is 5.91 Å². The molecule has 1 aliphatic heterocycles. The first kappa shape index (κ1) is 12.6. The van der Waals surface area contributed by atoms with Crippen LogP contribution in [0.3, 0.4) is 0 Å². The second-order valence-electron chi connectivity index (χ2n) is 4.49. The first-order valence-electron chi connectivity index (χ1n) is 6.16. The zero-order valence-corrected chi connectivity index (χ0v) is 10.2. The number of aromatic nitrogens is 2. The molecule has 0 spiro atoms. The summed E-state index contributed by atoms with van der Waals surface area (Å²) in [5.74, 6) is -0.985. The molecule has 6 heteroatoms. The lowest BCUT2D eigenvalue weighted by molar-refractivity contribution is -0.152. The number of hydrogen-bond acceptors (Lipinski definition) is 3. The molecule has 0 radical (unpaired) electrons. The maximum atomic E-state index is 12.0. The third-order valence-corrected chi connectivity index (χ3v) is 3.25. The first-order valence-corrected chi connectivity index (χ1v) is 6.16. The summed E-state index contributed by atoms with van der Waals surface area (Å²) < 4.78 is 1.82. The van der Waals surface area contributed by atoms with Gasteiger partial charge in [-0.1, -0.05) is 0 Å². The van der Waals surface area contributed by atoms with Crippen LogP contribution in [0.4, 0.5) is 0 Å². The molecular weight excluding hydrogens is 234 g/mol. The molecule has 1 atom stereocenters. The van der Waals surface area contributed by atoms with Gasteiger partial charge in [0.1, 0.15) is 6.04 Å². The Kier molecular flexibility index (Phi) is 3.96. The highest BCUT2D eigenvalue weighted by molar-refractivity contribution is 5.83. The number of carbonyl (C=O) groups excluding carboxylic acids is 1. The van der Waals surface area contributed by atoms with Crippen molar-refractivity contribution >= 4 is 11.9 Å². The molecule has 1 N–H and O–H groups in total. The van der Waals surface area contributed by atoms with Crippen molar-refractivity contribution in [2.75, 3.05) is 6.54 Å². The van der Waals surface area contributed by atoms with Crippen LogP contribution < -0.4 is 0 Å². The zero-order chi connectivity index (χ0) is 13.0. The fourth-order valence-corrected chi connectivity index (χ4v) is 2.27. The lowest BCUT2D eigenvalue weighted by Gasteiger charge is -2.33. The molecule has 2 heterocycles. The van der Waals surface area contributed by atoms with Gasteiger partial charge in [0.05, 0.1) is 6.33 Å². The van der Waals surface area contributed by atoms with Crippen LogP contribution in [0.5, 0.6) is 0 Å². The summed E-state index contributed by atoms with van der Waals surface area (Å²) in [5, 5.41) is 9.10. The van der Waals surface area contributed by atoms with Gasteiger partial charge in [-0.2, -0.15) is 0 Å². The van der Waals surface area contributed by atoms with Gasteiger partial charge < -0.3 is 14.6 Å². The molecule has 2 rings (SSSR count). The number of carbonyl (C=O) groups is 2. The van der Waals surface area contributed by atoms with Gasteiger partial charge >= 0.3 is 5.97 Å². The maximum absolute atomic E-state index is 12.0. The van der Waals surface area contributed by atoms with Crippen molar-refractivity contribution in [3.8, 4) is 0 Å². The molecule has 0 unspecified atom stereocenters. The minimum atomic E-state index is -0.898. The van der Waals surface area contributed by atoms with Crippen LogP contribution in [0.2, 0.25) is 0 Å². The Morgan fingerprint density at radius 3 is 2.89 bits per heavy atom. The third kappa shape index (κ3) is 2.88. The van der Waals surface area contributed by atoms with Gasteiger partial charge in [-0.3, -0.25) is 4.79 Å². The normalized spacial score (nSPS) is 19.8. The van der Waals surface area contributed by atoms with E-state index in [1.54, 1.807) is 18.7 Å². The van der Waals surface area contributed by atoms with E-state index in [4.69, 9.17) is 5.11 Å². The van der Waals surface area contributed by atoms with Gasteiger partial charge in [0, 0.05) is 31.9 Å². The fourth-order valence-electron chi connectivity index (χ4n) is 2.27. The van der Waals surface area contributed by atoms with Crippen LogP contribution >= 0.6 is 0 Å². The van der Waals surface area contributed by atoms with Crippen molar-refractivity contribution < 1.29 is 14.7 Å². The number of carboxylic acid groups (broad SMARTS) is 1. The molecule has 1 saturated heterocycles. The van der Waals surface area contributed by atoms with Gasteiger partial charge in [0.15, 0.2) is 0 Å². The second-order valence-corrected chi connectivity index (χ2v) is 4.49. The van der Waals surface area contributed by atoms with Crippen molar-refractivity contribution in [1.82, 2.24) is 14.5 Å². The second kappa shape index (κ2) is 5.66. The molecule has 6 nitrogen and oxygen atoms in total. The number of hydrogen-bond donors (Lipinski definition) is 1. The summed E-state index contributed by atoms with van der Waals surface area (Å²) in [6.45, 7) is 1.10. The number of likely N-dealkylation sites (tertiary alicyclic amines) is 1. The Balaban J connectivity index is 1.92. The molecule has 1 aromatic rings. The number of aryl methyl sites for hydroxylation is 1. The molecule has 18 heavy (non-hydrogen) atoms. The number of rotatable bonds is 4. The number of carboxylic acids is 1. The Morgan fingerprint density at radius 2 is 2.22 bits per heavy atom. The maximum Gasteiger partial charge on any atom is 0.326 e. The summed E-state index contributed by atoms with van der Waals surface area (Å²) in [6.07, 6.45) is 7.75. The predicted octanol–water partition coefficient (Wildman–Crippen LogP) is 0.739. The number of nitrogens with zero attached hydrogens (tertiary/aromatic N) is 3. The number of amides is 1. The van der Waals surface area contributed by atoms with E-state index in [0.717, 1.165) is 12.8 Å². The number of imidazole rings is 1. The minimum absolute atomic E-state index is 0.0872. The van der Waals surface area contributed by atoms with E-state index in [1.165, 1.54) is 4.90 Å². The molecule has 1 amide bonds. The summed E-state index contributed by atoms with van der Waals surface area (Å²) >= 11 is 0. The Hall–Kier alpha value is -1.85. The van der Waals surface area contributed by atoms with Crippen molar-refractivity contribution in [1.29, 1.82) is 0 Å². The summed E-state index contributed by atoms with van der Waals surface area (Å²) in [4.78, 5) is 28.5. The largest absolute Gasteiger partial charge is 0.480 e. The molecule has 0 aliphatic carbocycles. The zero-order valence-electron chi connectivity index (χ0n) is 10.2. The molecule has 1 aliphatic rings. The minimum Gasteiger partial charge on any atom is -0.480 e. The summed E-state index contributed by atoms with van der Waals surface area (Å²) in [6, 6.07) is -0.644. The highest BCUT2D eigenvalue weighted by Crippen LogP contribution is 2.18. The summed E-state index contributed by atoms with van der Waals surface area (Å²) in [7, 11) is 0. The van der Waals surface area contributed by atoms with E-state index in [1.807, 2.05) is 4.57 Å². The van der Waals surface area contributed by atoms with E-state index in [0.29, 0.717) is 25.9 Å². The third-order valence-electron chi connectivity index (χ3n) is 3.25. The van der Waals surface area contributed by atoms with E-state index >= 15 is 0 Å². The van der Waals surface area contributed by atoms with Crippen molar-refractivity contribution in [2.24, 2.45) is 0 Å². The van der Waals surface area contributed by atoms with Gasteiger partial charge in [-0.25, -0.2) is 9.78 Å². The van der Waals surface area contributed by atoms with Gasteiger partial charge in [-0.15, -0.1) is 0 Å². The highest BCUT2D eigenvalue weighted by atomic mass is 16.4. The first-order chi connectivity index (χ1) is 8.68. The average Bonchev–Trinajstić information content (AvgIpc) is 2.89. The number of piperidine rings is 1. The van der Waals surface area contributed by atoms with Crippen LogP contribution in [0.15, 0.2) is 18.7 Å². The molecule has 0 saturated carbocycles. The van der Waals surface area contributed by atoms with Crippen molar-refractivity contribution in [3.05, 3.63) is 18.7 Å². The SMILES string of the molecule is O=C(O)[C@H]1CCCCN1C(=O)CCn1ccnc1. The standard InChI is InChI=1S/C12H17N3O3/c16-11(4-7-14-8-5-13-9-14)15-6-2-1-3-10(15)12(17)18/h5,8-10H,1-4,6-7H2,(H,17,18)/t10-/m1/s1. The van der Waals surface area contributed by atoms with Crippen LogP contribution in [-0.2, 0) is 16.1 Å². The topological polar surface area (TPSA) is 75.4 Å². The smallest absolute Gasteiger partial charge is 0.326 e. The summed E-state index contributed by atoms with van der Waals surface area (Å²) in [5.41, 5.74) is 0. The lowest BCUT2D eigenvalue weighted by Crippen LogP contribution is -2.48. The lowest BCUT2D eigenvalue weighted by atomic mass is 10.0. The van der Waals surface area contributed by atoms with Crippen LogP contribution in [-0.4, -0.2) is 44.0 Å². The van der Waals surface area contributed by atoms with Gasteiger partial charge in [-0.05, 0) is 19.3 Å². The average molecular weight is 251 g/mol. The molecular formula is C12H17N3O3. The Bertz CT molecular complexity index is 416. The monoisotopic (exact) mass is 251 g/mol. The molecule has 98 valence electrons. The molecule has 1 fully saturated rings. The highest BCUT2D eigenvalue weighted by Gasteiger charge is 2.31. The molecule has 0 bridgehead atoms. The van der Waals surface area contributed by atoms with E-state index < -0.39 is 12.0 Å². The van der Waals surface area contributed by atoms with Gasteiger partial charge in [0.2, 0.25) is 5.91 Å². The fraction of sp³-hybridized carbons (Fsp3) is 0.583. The van der Waals surface area contributed by atoms with Crippen LogP contribution in [0.1, 0.15) is 25.7 Å². The molecule has 1 aromatic heterocycles. The Morgan fingerprint density at radius 1 is 1.39 bits per heavy atom. The predicted molar refractivity (Wildman–Crippen MR) is 63.8 cm³/mol. The van der Waals surface area contributed by atoms with Crippen LogP contribution in [0, 0.1) is 0 Å². The van der Waals surface area contributed by atoms with E-state index in [9.17, 15) is 9.59 Å². The van der Waals surface area contributed by atoms with Crippen LogP contribution in [0.25, 0.3) is 0 Å². The van der Waals surface area contributed by atoms with Gasteiger partial charge in [0.25, 0.3) is 0 Å². The van der Waals surface area contributed by atoms with E-state index in [2.05, 4.69) is 4.98 Å². The number of aliphatic carboxylic acids is 1. The van der Waals surface area contributed by atoms with Crippen molar-refractivity contribution in [2.45, 2.75) is 38.3 Å².